The van der Waals surface area contributed by atoms with E-state index in [0.717, 1.165) is 35.5 Å². The Kier molecular flexibility index (Phi) is 10.6. The van der Waals surface area contributed by atoms with Crippen LogP contribution < -0.4 is 15.5 Å². The van der Waals surface area contributed by atoms with Crippen molar-refractivity contribution < 1.29 is 14.4 Å². The number of rotatable bonds is 7. The third-order valence-corrected chi connectivity index (χ3v) is 6.57. The summed E-state index contributed by atoms with van der Waals surface area (Å²) in [7, 11) is 1.84. The van der Waals surface area contributed by atoms with Crippen LogP contribution in [0.2, 0.25) is 10.0 Å². The largest absolute Gasteiger partial charge is 0.352 e. The normalized spacial score (nSPS) is 11.8. The van der Waals surface area contributed by atoms with Crippen LogP contribution in [0.5, 0.6) is 0 Å². The molecular weight excluding hydrogens is 549 g/mol. The highest BCUT2D eigenvalue weighted by Crippen LogP contribution is 2.38. The van der Waals surface area contributed by atoms with Crippen molar-refractivity contribution in [1.82, 2.24) is 15.1 Å². The van der Waals surface area contributed by atoms with Crippen molar-refractivity contribution in [3.05, 3.63) is 69.3 Å². The minimum atomic E-state index is -0.238. The second-order valence-corrected chi connectivity index (χ2v) is 10.0. The Morgan fingerprint density at radius 2 is 1.79 bits per heavy atom. The fourth-order valence-corrected chi connectivity index (χ4v) is 4.46. The lowest BCUT2D eigenvalue weighted by Gasteiger charge is -2.23. The third-order valence-electron chi connectivity index (χ3n) is 5.79. The molecule has 2 N–H and O–H groups in total. The Balaban J connectivity index is 0.000000599. The third kappa shape index (κ3) is 7.49. The molecule has 1 aliphatic heterocycles. The lowest BCUT2D eigenvalue weighted by atomic mass is 10.1. The van der Waals surface area contributed by atoms with Crippen LogP contribution in [0.4, 0.5) is 17.2 Å². The molecule has 1 aliphatic rings. The number of anilines is 3. The Morgan fingerprint density at radius 3 is 2.42 bits per heavy atom. The van der Waals surface area contributed by atoms with Gasteiger partial charge in [-0.3, -0.25) is 19.1 Å². The molecule has 2 aromatic carbocycles. The summed E-state index contributed by atoms with van der Waals surface area (Å²) in [5.41, 5.74) is 3.52. The Bertz CT molecular complexity index is 1330. The van der Waals surface area contributed by atoms with Crippen LogP contribution in [0.15, 0.2) is 42.6 Å². The molecule has 2 amide bonds. The van der Waals surface area contributed by atoms with E-state index in [9.17, 15) is 14.4 Å². The summed E-state index contributed by atoms with van der Waals surface area (Å²) in [6.45, 7) is 4.53. The number of carbonyl (C=O) groups is 3. The summed E-state index contributed by atoms with van der Waals surface area (Å²) in [4.78, 5) is 36.8. The van der Waals surface area contributed by atoms with Crippen molar-refractivity contribution in [3.63, 3.8) is 0 Å². The highest BCUT2D eigenvalue weighted by molar-refractivity contribution is 6.63. The van der Waals surface area contributed by atoms with E-state index in [1.165, 1.54) is 0 Å². The SMILES string of the molecule is CCCC(=O)Cl.CCCC(=O)NCc1ccc(C(=O)N2Cc3cnn(C)c3Nc3cc(Cl)ccc32)cc1Cl. The van der Waals surface area contributed by atoms with Crippen molar-refractivity contribution in [2.45, 2.75) is 52.6 Å². The van der Waals surface area contributed by atoms with E-state index in [4.69, 9.17) is 34.8 Å². The van der Waals surface area contributed by atoms with Gasteiger partial charge in [-0.25, -0.2) is 0 Å². The number of carbonyl (C=O) groups excluding carboxylic acids is 3. The smallest absolute Gasteiger partial charge is 0.258 e. The van der Waals surface area contributed by atoms with E-state index in [0.29, 0.717) is 47.2 Å². The quantitative estimate of drug-likeness (QED) is 0.308. The number of fused-ring (bicyclic) bond motifs is 2. The van der Waals surface area contributed by atoms with Crippen LogP contribution in [0.25, 0.3) is 0 Å². The van der Waals surface area contributed by atoms with E-state index in [2.05, 4.69) is 15.7 Å². The Labute approximate surface area is 237 Å². The Morgan fingerprint density at radius 1 is 1.05 bits per heavy atom. The van der Waals surface area contributed by atoms with Gasteiger partial charge in [-0.2, -0.15) is 5.10 Å². The van der Waals surface area contributed by atoms with E-state index < -0.39 is 0 Å². The summed E-state index contributed by atoms with van der Waals surface area (Å²) in [6, 6.07) is 10.5. The second kappa shape index (κ2) is 13.6. The first kappa shape index (κ1) is 29.5. The van der Waals surface area contributed by atoms with Crippen LogP contribution in [-0.4, -0.2) is 26.8 Å². The van der Waals surface area contributed by atoms with Gasteiger partial charge in [0.25, 0.3) is 5.91 Å². The van der Waals surface area contributed by atoms with Crippen molar-refractivity contribution in [2.24, 2.45) is 7.05 Å². The maximum absolute atomic E-state index is 13.5. The highest BCUT2D eigenvalue weighted by atomic mass is 35.5. The molecule has 8 nitrogen and oxygen atoms in total. The van der Waals surface area contributed by atoms with Crippen molar-refractivity contribution in [3.8, 4) is 0 Å². The minimum absolute atomic E-state index is 0.0247. The molecule has 4 rings (SSSR count). The van der Waals surface area contributed by atoms with Crippen LogP contribution in [0.1, 0.15) is 61.0 Å². The highest BCUT2D eigenvalue weighted by Gasteiger charge is 2.27. The number of benzene rings is 2. The maximum atomic E-state index is 13.5. The first-order valence-electron chi connectivity index (χ1n) is 12.3. The average Bonchev–Trinajstić information content (AvgIpc) is 3.11. The lowest BCUT2D eigenvalue weighted by Crippen LogP contribution is -2.30. The van der Waals surface area contributed by atoms with E-state index in [1.807, 2.05) is 27.0 Å². The molecule has 0 aliphatic carbocycles. The molecule has 38 heavy (non-hydrogen) atoms. The second-order valence-electron chi connectivity index (χ2n) is 8.76. The van der Waals surface area contributed by atoms with Gasteiger partial charge in [-0.1, -0.05) is 43.1 Å². The summed E-state index contributed by atoms with van der Waals surface area (Å²) < 4.78 is 1.73. The van der Waals surface area contributed by atoms with Crippen LogP contribution in [0, 0.1) is 0 Å². The number of hydrogen-bond acceptors (Lipinski definition) is 5. The Hall–Kier alpha value is -3.07. The van der Waals surface area contributed by atoms with E-state index in [-0.39, 0.29) is 17.1 Å². The molecule has 2 heterocycles. The molecule has 0 saturated heterocycles. The molecule has 11 heteroatoms. The van der Waals surface area contributed by atoms with Crippen LogP contribution in [0.3, 0.4) is 0 Å². The zero-order chi connectivity index (χ0) is 27.8. The van der Waals surface area contributed by atoms with Gasteiger partial charge in [-0.05, 0) is 60.3 Å². The predicted octanol–water partition coefficient (Wildman–Crippen LogP) is 6.60. The van der Waals surface area contributed by atoms with E-state index >= 15 is 0 Å². The first-order chi connectivity index (χ1) is 18.1. The lowest BCUT2D eigenvalue weighted by molar-refractivity contribution is -0.121. The van der Waals surface area contributed by atoms with Crippen LogP contribution in [-0.2, 0) is 29.7 Å². The number of hydrogen-bond donors (Lipinski definition) is 2. The number of halogens is 3. The summed E-state index contributed by atoms with van der Waals surface area (Å²) in [5.74, 6) is 0.582. The van der Waals surface area contributed by atoms with Gasteiger partial charge in [0.2, 0.25) is 11.1 Å². The van der Waals surface area contributed by atoms with Gasteiger partial charge in [0, 0.05) is 47.6 Å². The summed E-state index contributed by atoms with van der Waals surface area (Å²) >= 11 is 17.6. The van der Waals surface area contributed by atoms with Gasteiger partial charge < -0.3 is 15.5 Å². The molecule has 0 bridgehead atoms. The molecular formula is C27H30Cl3N5O3. The molecule has 3 aromatic rings. The van der Waals surface area contributed by atoms with Crippen molar-refractivity contribution in [2.75, 3.05) is 10.2 Å². The monoisotopic (exact) mass is 577 g/mol. The predicted molar refractivity (Wildman–Crippen MR) is 152 cm³/mol. The van der Waals surface area contributed by atoms with Gasteiger partial charge in [-0.15, -0.1) is 0 Å². The van der Waals surface area contributed by atoms with Crippen molar-refractivity contribution in [1.29, 1.82) is 0 Å². The van der Waals surface area contributed by atoms with Gasteiger partial charge >= 0.3 is 0 Å². The molecule has 1 aromatic heterocycles. The number of nitrogens with one attached hydrogen (secondary N) is 2. The number of nitrogens with zero attached hydrogens (tertiary/aromatic N) is 3. The summed E-state index contributed by atoms with van der Waals surface area (Å²) in [6.07, 6.45) is 4.34. The minimum Gasteiger partial charge on any atom is -0.352 e. The van der Waals surface area contributed by atoms with Gasteiger partial charge in [0.15, 0.2) is 0 Å². The summed E-state index contributed by atoms with van der Waals surface area (Å²) in [5, 5.41) is 11.2. The number of aryl methyl sites for hydroxylation is 1. The van der Waals surface area contributed by atoms with Gasteiger partial charge in [0.05, 0.1) is 24.1 Å². The molecule has 0 saturated carbocycles. The van der Waals surface area contributed by atoms with Crippen LogP contribution >= 0.6 is 34.8 Å². The standard InChI is InChI=1S/C23H23Cl2N5O2.C4H7ClO/c1-3-4-21(31)26-11-15-6-5-14(9-18(15)25)23(32)30-13-16-12-27-29(2)22(16)28-19-10-17(24)7-8-20(19)30;1-2-3-4(5)6/h5-10,12,28H,3-4,11,13H2,1-2H3,(H,26,31);2-3H2,1H3. The molecule has 0 fully saturated rings. The van der Waals surface area contributed by atoms with Gasteiger partial charge in [0.1, 0.15) is 5.82 Å². The topological polar surface area (TPSA) is 96.3 Å². The maximum Gasteiger partial charge on any atom is 0.258 e. The van der Waals surface area contributed by atoms with E-state index in [1.54, 1.807) is 46.1 Å². The zero-order valence-corrected chi connectivity index (χ0v) is 23.8. The fourth-order valence-electron chi connectivity index (χ4n) is 3.85. The number of aromatic nitrogens is 2. The average molecular weight is 579 g/mol. The molecule has 0 unspecified atom stereocenters. The zero-order valence-electron chi connectivity index (χ0n) is 21.5. The molecule has 202 valence electrons. The first-order valence-corrected chi connectivity index (χ1v) is 13.4. The molecule has 0 atom stereocenters. The number of amides is 2. The fraction of sp³-hybridized carbons (Fsp3) is 0.333. The molecule has 0 spiro atoms. The molecule has 0 radical (unpaired) electrons. The van der Waals surface area contributed by atoms with Crippen molar-refractivity contribution >= 4 is 69.1 Å².